The van der Waals surface area contributed by atoms with Crippen molar-refractivity contribution in [2.45, 2.75) is 0 Å². The topological polar surface area (TPSA) is 73.9 Å². The third-order valence-electron chi connectivity index (χ3n) is 1.69. The second-order valence-corrected chi connectivity index (χ2v) is 2.44. The van der Waals surface area contributed by atoms with E-state index in [0.717, 1.165) is 0 Å². The number of nitriles is 2. The fourth-order valence-electron chi connectivity index (χ4n) is 1.06. The number of nitrogens with zero attached hydrogens (tertiary/aromatic N) is 2. The van der Waals surface area contributed by atoms with E-state index in [-0.39, 0.29) is 16.7 Å². The molecular formula is C10H6N2O2. The number of benzene rings is 1. The van der Waals surface area contributed by atoms with Crippen LogP contribution >= 0.6 is 0 Å². The van der Waals surface area contributed by atoms with E-state index in [9.17, 15) is 4.79 Å². The van der Waals surface area contributed by atoms with Crippen molar-refractivity contribution in [1.29, 1.82) is 10.5 Å². The van der Waals surface area contributed by atoms with Crippen molar-refractivity contribution in [1.82, 2.24) is 0 Å². The van der Waals surface area contributed by atoms with Crippen LogP contribution in [0, 0.1) is 22.7 Å². The normalized spacial score (nSPS) is 8.50. The second-order valence-electron chi connectivity index (χ2n) is 2.44. The number of hydrogen-bond donors (Lipinski definition) is 0. The predicted molar refractivity (Wildman–Crippen MR) is 47.2 cm³/mol. The van der Waals surface area contributed by atoms with Crippen molar-refractivity contribution >= 4 is 5.97 Å². The Kier molecular flexibility index (Phi) is 2.83. The molecule has 0 saturated heterocycles. The summed E-state index contributed by atoms with van der Waals surface area (Å²) in [6, 6.07) is 8.14. The highest BCUT2D eigenvalue weighted by Gasteiger charge is 2.16. The highest BCUT2D eigenvalue weighted by Crippen LogP contribution is 2.14. The van der Waals surface area contributed by atoms with Gasteiger partial charge < -0.3 is 4.74 Å². The molecule has 0 aliphatic heterocycles. The minimum absolute atomic E-state index is 0.0278. The van der Waals surface area contributed by atoms with E-state index < -0.39 is 5.97 Å². The van der Waals surface area contributed by atoms with Gasteiger partial charge in [0.2, 0.25) is 0 Å². The van der Waals surface area contributed by atoms with Gasteiger partial charge in [-0.1, -0.05) is 6.07 Å². The van der Waals surface area contributed by atoms with Crippen LogP contribution in [0.5, 0.6) is 0 Å². The molecule has 0 radical (unpaired) electrons. The maximum atomic E-state index is 11.2. The van der Waals surface area contributed by atoms with E-state index in [1.165, 1.54) is 19.2 Å². The molecule has 0 atom stereocenters. The molecule has 0 spiro atoms. The van der Waals surface area contributed by atoms with Crippen molar-refractivity contribution in [3.63, 3.8) is 0 Å². The third kappa shape index (κ3) is 1.55. The number of rotatable bonds is 1. The lowest BCUT2D eigenvalue weighted by Crippen LogP contribution is -2.06. The largest absolute Gasteiger partial charge is 0.465 e. The average Bonchev–Trinajstić information content (AvgIpc) is 2.26. The summed E-state index contributed by atoms with van der Waals surface area (Å²) in [6.45, 7) is 0. The van der Waals surface area contributed by atoms with Crippen LogP contribution < -0.4 is 0 Å². The molecule has 14 heavy (non-hydrogen) atoms. The van der Waals surface area contributed by atoms with Gasteiger partial charge in [-0.15, -0.1) is 0 Å². The van der Waals surface area contributed by atoms with E-state index in [0.29, 0.717) is 0 Å². The monoisotopic (exact) mass is 186 g/mol. The summed E-state index contributed by atoms with van der Waals surface area (Å²) in [5.41, 5.74) is 0.326. The van der Waals surface area contributed by atoms with Gasteiger partial charge >= 0.3 is 5.97 Å². The van der Waals surface area contributed by atoms with Crippen molar-refractivity contribution in [3.05, 3.63) is 34.9 Å². The van der Waals surface area contributed by atoms with E-state index in [1.54, 1.807) is 6.07 Å². The number of hydrogen-bond acceptors (Lipinski definition) is 4. The number of carbonyl (C=O) groups excluding carboxylic acids is 1. The molecule has 0 unspecified atom stereocenters. The van der Waals surface area contributed by atoms with Gasteiger partial charge in [-0.25, -0.2) is 4.79 Å². The SMILES string of the molecule is COC(=O)c1c(C#N)cccc1C#N. The number of ether oxygens (including phenoxy) is 1. The molecule has 0 amide bonds. The lowest BCUT2D eigenvalue weighted by Gasteiger charge is -2.02. The number of carbonyl (C=O) groups is 1. The van der Waals surface area contributed by atoms with Gasteiger partial charge in [0.05, 0.1) is 23.8 Å². The van der Waals surface area contributed by atoms with Gasteiger partial charge in [-0.05, 0) is 12.1 Å². The van der Waals surface area contributed by atoms with Crippen LogP contribution in [0.3, 0.4) is 0 Å². The Balaban J connectivity index is 3.45. The first-order valence-electron chi connectivity index (χ1n) is 3.76. The fourth-order valence-corrected chi connectivity index (χ4v) is 1.06. The first kappa shape index (κ1) is 9.76. The third-order valence-corrected chi connectivity index (χ3v) is 1.69. The Morgan fingerprint density at radius 2 is 1.79 bits per heavy atom. The van der Waals surface area contributed by atoms with E-state index in [4.69, 9.17) is 10.5 Å². The Morgan fingerprint density at radius 1 is 1.29 bits per heavy atom. The zero-order valence-corrected chi connectivity index (χ0v) is 7.44. The van der Waals surface area contributed by atoms with Crippen LogP contribution in [0.2, 0.25) is 0 Å². The van der Waals surface area contributed by atoms with Crippen LogP contribution in [0.1, 0.15) is 21.5 Å². The molecular weight excluding hydrogens is 180 g/mol. The summed E-state index contributed by atoms with van der Waals surface area (Å²) >= 11 is 0. The fraction of sp³-hybridized carbons (Fsp3) is 0.100. The van der Waals surface area contributed by atoms with Gasteiger partial charge in [-0.2, -0.15) is 10.5 Å². The first-order chi connectivity index (χ1) is 6.74. The molecule has 0 fully saturated rings. The molecule has 1 aromatic carbocycles. The Morgan fingerprint density at radius 3 is 2.14 bits per heavy atom. The summed E-state index contributed by atoms with van der Waals surface area (Å²) in [7, 11) is 1.21. The van der Waals surface area contributed by atoms with Crippen molar-refractivity contribution < 1.29 is 9.53 Å². The zero-order chi connectivity index (χ0) is 10.6. The minimum Gasteiger partial charge on any atom is -0.465 e. The molecule has 68 valence electrons. The molecule has 4 nitrogen and oxygen atoms in total. The summed E-state index contributed by atoms with van der Waals surface area (Å²) in [6.07, 6.45) is 0. The van der Waals surface area contributed by atoms with Crippen molar-refractivity contribution in [2.24, 2.45) is 0 Å². The van der Waals surface area contributed by atoms with Gasteiger partial charge in [0.15, 0.2) is 0 Å². The van der Waals surface area contributed by atoms with E-state index in [2.05, 4.69) is 4.74 Å². The quantitative estimate of drug-likeness (QED) is 0.618. The summed E-state index contributed by atoms with van der Waals surface area (Å²) < 4.78 is 4.48. The molecule has 4 heteroatoms. The van der Waals surface area contributed by atoms with Gasteiger partial charge in [-0.3, -0.25) is 0 Å². The van der Waals surface area contributed by atoms with Gasteiger partial charge in [0, 0.05) is 0 Å². The standard InChI is InChI=1S/C10H6N2O2/c1-14-10(13)9-7(5-11)3-2-4-8(9)6-12/h2-4H,1H3. The van der Waals surface area contributed by atoms with Crippen molar-refractivity contribution in [2.75, 3.05) is 7.11 Å². The second kappa shape index (κ2) is 4.06. The predicted octanol–water partition coefficient (Wildman–Crippen LogP) is 1.22. The molecule has 0 aliphatic carbocycles. The zero-order valence-electron chi connectivity index (χ0n) is 7.44. The van der Waals surface area contributed by atoms with Crippen molar-refractivity contribution in [3.8, 4) is 12.1 Å². The van der Waals surface area contributed by atoms with Crippen LogP contribution in [0.4, 0.5) is 0 Å². The van der Waals surface area contributed by atoms with Crippen LogP contribution in [0.15, 0.2) is 18.2 Å². The smallest absolute Gasteiger partial charge is 0.340 e. The van der Waals surface area contributed by atoms with Crippen LogP contribution in [-0.4, -0.2) is 13.1 Å². The van der Waals surface area contributed by atoms with Crippen LogP contribution in [-0.2, 0) is 4.74 Å². The molecule has 0 aromatic heterocycles. The van der Waals surface area contributed by atoms with E-state index >= 15 is 0 Å². The number of esters is 1. The molecule has 0 saturated carbocycles. The number of methoxy groups -OCH3 is 1. The highest BCUT2D eigenvalue weighted by atomic mass is 16.5. The lowest BCUT2D eigenvalue weighted by atomic mass is 10.0. The maximum absolute atomic E-state index is 11.2. The first-order valence-corrected chi connectivity index (χ1v) is 3.76. The highest BCUT2D eigenvalue weighted by molar-refractivity contribution is 5.94. The average molecular weight is 186 g/mol. The summed E-state index contributed by atoms with van der Waals surface area (Å²) in [5, 5.41) is 17.4. The molecule has 1 aromatic rings. The molecule has 0 aliphatic rings. The maximum Gasteiger partial charge on any atom is 0.340 e. The van der Waals surface area contributed by atoms with Gasteiger partial charge in [0.25, 0.3) is 0 Å². The minimum atomic E-state index is -0.668. The Hall–Kier alpha value is -2.33. The van der Waals surface area contributed by atoms with Crippen LogP contribution in [0.25, 0.3) is 0 Å². The Bertz CT molecular complexity index is 420. The molecule has 0 heterocycles. The van der Waals surface area contributed by atoms with E-state index in [1.807, 2.05) is 12.1 Å². The Labute approximate surface area is 81.0 Å². The molecule has 1 rings (SSSR count). The molecule has 0 N–H and O–H groups in total. The summed E-state index contributed by atoms with van der Waals surface area (Å²) in [5.74, 6) is -0.668. The lowest BCUT2D eigenvalue weighted by molar-refractivity contribution is 0.0600. The molecule has 0 bridgehead atoms. The summed E-state index contributed by atoms with van der Waals surface area (Å²) in [4.78, 5) is 11.2. The van der Waals surface area contributed by atoms with Gasteiger partial charge in [0.1, 0.15) is 12.1 Å².